The third-order valence-corrected chi connectivity index (χ3v) is 4.34. The highest BCUT2D eigenvalue weighted by atomic mass is 32.1. The second kappa shape index (κ2) is 4.70. The molecule has 0 unspecified atom stereocenters. The maximum Gasteiger partial charge on any atom is 0.262 e. The van der Waals surface area contributed by atoms with Gasteiger partial charge in [0.05, 0.1) is 17.5 Å². The zero-order valence-corrected chi connectivity index (χ0v) is 11.5. The summed E-state index contributed by atoms with van der Waals surface area (Å²) in [7, 11) is 1.66. The minimum Gasteiger partial charge on any atom is -0.496 e. The number of para-hydroxylation sites is 1. The summed E-state index contributed by atoms with van der Waals surface area (Å²) in [5.74, 6) is 0.838. The number of methoxy groups -OCH3 is 1. The van der Waals surface area contributed by atoms with E-state index >= 15 is 0 Å². The molecule has 2 aromatic rings. The molecule has 1 fully saturated rings. The topological polar surface area (TPSA) is 38.3 Å². The summed E-state index contributed by atoms with van der Waals surface area (Å²) < 4.78 is 5.40. The fourth-order valence-corrected chi connectivity index (χ4v) is 2.93. The van der Waals surface area contributed by atoms with Crippen molar-refractivity contribution in [3.63, 3.8) is 0 Å². The van der Waals surface area contributed by atoms with Gasteiger partial charge in [-0.1, -0.05) is 24.3 Å². The van der Waals surface area contributed by atoms with Crippen molar-refractivity contribution in [1.29, 1.82) is 0 Å². The summed E-state index contributed by atoms with van der Waals surface area (Å²) in [4.78, 5) is 12.9. The molecule has 1 amide bonds. The average Bonchev–Trinajstić information content (AvgIpc) is 3.01. The Balaban J connectivity index is 1.86. The van der Waals surface area contributed by atoms with Gasteiger partial charge in [-0.25, -0.2) is 0 Å². The Bertz CT molecular complexity index is 588. The molecule has 3 rings (SSSR count). The molecule has 1 heterocycles. The van der Waals surface area contributed by atoms with Gasteiger partial charge in [0.25, 0.3) is 5.91 Å². The quantitative estimate of drug-likeness (QED) is 0.929. The molecule has 1 aromatic carbocycles. The molecule has 1 aliphatic carbocycles. The third-order valence-electron chi connectivity index (χ3n) is 3.47. The highest BCUT2D eigenvalue weighted by Gasteiger charge is 2.47. The molecule has 1 aromatic heterocycles. The normalized spacial score (nSPS) is 15.8. The molecular weight excluding hydrogens is 258 g/mol. The molecule has 1 N–H and O–H groups in total. The molecule has 1 saturated carbocycles. The monoisotopic (exact) mass is 273 g/mol. The molecule has 4 heteroatoms. The predicted molar refractivity (Wildman–Crippen MR) is 75.7 cm³/mol. The van der Waals surface area contributed by atoms with Gasteiger partial charge in [0.2, 0.25) is 0 Å². The largest absolute Gasteiger partial charge is 0.496 e. The van der Waals surface area contributed by atoms with Gasteiger partial charge in [-0.15, -0.1) is 11.3 Å². The van der Waals surface area contributed by atoms with E-state index in [0.29, 0.717) is 0 Å². The summed E-state index contributed by atoms with van der Waals surface area (Å²) in [5.41, 5.74) is 0.829. The standard InChI is InChI=1S/C15H15NO2S/c1-18-12-6-3-2-5-11(12)15(8-9-15)16-14(17)13-7-4-10-19-13/h2-7,10H,8-9H2,1H3,(H,16,17). The number of carbonyl (C=O) groups excluding carboxylic acids is 1. The molecule has 0 bridgehead atoms. The first-order valence-corrected chi connectivity index (χ1v) is 7.13. The van der Waals surface area contributed by atoms with E-state index in [-0.39, 0.29) is 11.4 Å². The Labute approximate surface area is 116 Å². The van der Waals surface area contributed by atoms with Crippen LogP contribution in [0.1, 0.15) is 28.1 Å². The summed E-state index contributed by atoms with van der Waals surface area (Å²) in [6.45, 7) is 0. The van der Waals surface area contributed by atoms with Crippen molar-refractivity contribution >= 4 is 17.2 Å². The maximum atomic E-state index is 12.2. The molecule has 0 atom stereocenters. The van der Waals surface area contributed by atoms with Crippen molar-refractivity contribution in [2.24, 2.45) is 0 Å². The molecule has 0 spiro atoms. The number of rotatable bonds is 4. The van der Waals surface area contributed by atoms with Gasteiger partial charge in [-0.3, -0.25) is 4.79 Å². The van der Waals surface area contributed by atoms with Gasteiger partial charge < -0.3 is 10.1 Å². The number of thiophene rings is 1. The first kappa shape index (κ1) is 12.2. The van der Waals surface area contributed by atoms with E-state index in [1.165, 1.54) is 11.3 Å². The first-order chi connectivity index (χ1) is 9.25. The van der Waals surface area contributed by atoms with Gasteiger partial charge in [0, 0.05) is 5.56 Å². The lowest BCUT2D eigenvalue weighted by Gasteiger charge is -2.20. The van der Waals surface area contributed by atoms with Gasteiger partial charge >= 0.3 is 0 Å². The molecule has 3 nitrogen and oxygen atoms in total. The zero-order valence-electron chi connectivity index (χ0n) is 10.7. The first-order valence-electron chi connectivity index (χ1n) is 6.25. The molecule has 0 saturated heterocycles. The number of hydrogen-bond donors (Lipinski definition) is 1. The van der Waals surface area contributed by atoms with Crippen LogP contribution in [0.25, 0.3) is 0 Å². The highest BCUT2D eigenvalue weighted by molar-refractivity contribution is 7.12. The number of carbonyl (C=O) groups is 1. The third kappa shape index (κ3) is 2.24. The smallest absolute Gasteiger partial charge is 0.262 e. The number of nitrogens with one attached hydrogen (secondary N) is 1. The summed E-state index contributed by atoms with van der Waals surface area (Å²) in [5, 5.41) is 5.07. The van der Waals surface area contributed by atoms with Crippen LogP contribution in [0.4, 0.5) is 0 Å². The predicted octanol–water partition coefficient (Wildman–Crippen LogP) is 3.18. The van der Waals surface area contributed by atoms with E-state index < -0.39 is 0 Å². The Morgan fingerprint density at radius 1 is 1.26 bits per heavy atom. The van der Waals surface area contributed by atoms with Crippen LogP contribution in [-0.4, -0.2) is 13.0 Å². The second-order valence-electron chi connectivity index (χ2n) is 4.71. The van der Waals surface area contributed by atoms with Crippen molar-refractivity contribution in [2.45, 2.75) is 18.4 Å². The fourth-order valence-electron chi connectivity index (χ4n) is 2.31. The molecule has 0 radical (unpaired) electrons. The lowest BCUT2D eigenvalue weighted by Crippen LogP contribution is -2.34. The number of ether oxygens (including phenoxy) is 1. The Morgan fingerprint density at radius 3 is 2.68 bits per heavy atom. The maximum absolute atomic E-state index is 12.2. The molecule has 0 aliphatic heterocycles. The lowest BCUT2D eigenvalue weighted by atomic mass is 10.0. The van der Waals surface area contributed by atoms with Crippen LogP contribution in [-0.2, 0) is 5.54 Å². The van der Waals surface area contributed by atoms with Crippen molar-refractivity contribution in [3.05, 3.63) is 52.2 Å². The van der Waals surface area contributed by atoms with E-state index in [1.807, 2.05) is 41.8 Å². The van der Waals surface area contributed by atoms with Crippen LogP contribution < -0.4 is 10.1 Å². The van der Waals surface area contributed by atoms with Crippen molar-refractivity contribution in [2.75, 3.05) is 7.11 Å². The summed E-state index contributed by atoms with van der Waals surface area (Å²) in [6.07, 6.45) is 1.93. The number of amides is 1. The second-order valence-corrected chi connectivity index (χ2v) is 5.66. The van der Waals surface area contributed by atoms with E-state index in [2.05, 4.69) is 5.32 Å². The van der Waals surface area contributed by atoms with E-state index in [0.717, 1.165) is 29.0 Å². The molecular formula is C15H15NO2S. The van der Waals surface area contributed by atoms with Crippen LogP contribution in [0.3, 0.4) is 0 Å². The number of benzene rings is 1. The van der Waals surface area contributed by atoms with Crippen LogP contribution >= 0.6 is 11.3 Å². The minimum atomic E-state index is -0.242. The van der Waals surface area contributed by atoms with Gasteiger partial charge in [-0.05, 0) is 30.4 Å². The van der Waals surface area contributed by atoms with Crippen LogP contribution in [0, 0.1) is 0 Å². The van der Waals surface area contributed by atoms with Gasteiger partial charge in [-0.2, -0.15) is 0 Å². The van der Waals surface area contributed by atoms with Crippen LogP contribution in [0.15, 0.2) is 41.8 Å². The van der Waals surface area contributed by atoms with Crippen LogP contribution in [0.2, 0.25) is 0 Å². The fraction of sp³-hybridized carbons (Fsp3) is 0.267. The average molecular weight is 273 g/mol. The molecule has 1 aliphatic rings. The Hall–Kier alpha value is -1.81. The van der Waals surface area contributed by atoms with E-state index in [9.17, 15) is 4.79 Å². The summed E-state index contributed by atoms with van der Waals surface area (Å²) in [6, 6.07) is 11.6. The Morgan fingerprint density at radius 2 is 2.05 bits per heavy atom. The van der Waals surface area contributed by atoms with Crippen molar-refractivity contribution in [3.8, 4) is 5.75 Å². The summed E-state index contributed by atoms with van der Waals surface area (Å²) >= 11 is 1.46. The SMILES string of the molecule is COc1ccccc1C1(NC(=O)c2cccs2)CC1. The van der Waals surface area contributed by atoms with Crippen molar-refractivity contribution < 1.29 is 9.53 Å². The van der Waals surface area contributed by atoms with Crippen molar-refractivity contribution in [1.82, 2.24) is 5.32 Å². The molecule has 19 heavy (non-hydrogen) atoms. The zero-order chi connectivity index (χ0) is 13.3. The van der Waals surface area contributed by atoms with E-state index in [1.54, 1.807) is 7.11 Å². The van der Waals surface area contributed by atoms with Gasteiger partial charge in [0.15, 0.2) is 0 Å². The van der Waals surface area contributed by atoms with Crippen LogP contribution in [0.5, 0.6) is 5.75 Å². The number of hydrogen-bond acceptors (Lipinski definition) is 3. The van der Waals surface area contributed by atoms with Gasteiger partial charge in [0.1, 0.15) is 5.75 Å². The highest BCUT2D eigenvalue weighted by Crippen LogP contribution is 2.49. The Kier molecular flexibility index (Phi) is 3.03. The van der Waals surface area contributed by atoms with E-state index in [4.69, 9.17) is 4.74 Å². The lowest BCUT2D eigenvalue weighted by molar-refractivity contribution is 0.0934. The minimum absolute atomic E-state index is 0.00148. The molecule has 98 valence electrons.